The van der Waals surface area contributed by atoms with Crippen LogP contribution < -0.4 is 0 Å². The van der Waals surface area contributed by atoms with Gasteiger partial charge >= 0.3 is 0 Å². The summed E-state index contributed by atoms with van der Waals surface area (Å²) >= 11 is 0. The minimum Gasteiger partial charge on any atom is -0.394 e. The van der Waals surface area contributed by atoms with Crippen molar-refractivity contribution < 1.29 is 19.7 Å². The zero-order chi connectivity index (χ0) is 14.1. The zero-order valence-corrected chi connectivity index (χ0v) is 11.7. The minimum atomic E-state index is -0.503. The third kappa shape index (κ3) is 6.68. The Bertz CT molecular complexity index is 324. The first-order valence-corrected chi connectivity index (χ1v) is 6.68. The first-order valence-electron chi connectivity index (χ1n) is 6.68. The standard InChI is InChI=1S/C15H24O4/c1-12(8-13(2)19-15(9-16)10-17)18-11-14-6-4-3-5-7-14/h3-7,12-13,15-17H,8-11H2,1-2H3. The summed E-state index contributed by atoms with van der Waals surface area (Å²) in [6.07, 6.45) is 0.225. The quantitative estimate of drug-likeness (QED) is 0.716. The molecule has 2 atom stereocenters. The van der Waals surface area contributed by atoms with Gasteiger partial charge in [0, 0.05) is 0 Å². The van der Waals surface area contributed by atoms with E-state index < -0.39 is 6.10 Å². The molecule has 1 aromatic carbocycles. The highest BCUT2D eigenvalue weighted by molar-refractivity contribution is 5.13. The molecule has 0 aliphatic heterocycles. The average Bonchev–Trinajstić information content (AvgIpc) is 2.43. The molecule has 108 valence electrons. The fourth-order valence-corrected chi connectivity index (χ4v) is 1.88. The molecule has 2 N–H and O–H groups in total. The maximum absolute atomic E-state index is 8.94. The Hall–Kier alpha value is -0.940. The van der Waals surface area contributed by atoms with E-state index in [2.05, 4.69) is 0 Å². The van der Waals surface area contributed by atoms with Gasteiger partial charge in [0.25, 0.3) is 0 Å². The summed E-state index contributed by atoms with van der Waals surface area (Å²) in [5.41, 5.74) is 1.14. The van der Waals surface area contributed by atoms with Crippen molar-refractivity contribution in [1.29, 1.82) is 0 Å². The highest BCUT2D eigenvalue weighted by Crippen LogP contribution is 2.10. The molecule has 1 rings (SSSR count). The lowest BCUT2D eigenvalue weighted by atomic mass is 10.2. The zero-order valence-electron chi connectivity index (χ0n) is 11.7. The number of rotatable bonds is 9. The van der Waals surface area contributed by atoms with E-state index in [4.69, 9.17) is 19.7 Å². The minimum absolute atomic E-state index is 0.0601. The first-order chi connectivity index (χ1) is 9.15. The number of aliphatic hydroxyl groups is 2. The summed E-state index contributed by atoms with van der Waals surface area (Å²) in [6.45, 7) is 4.16. The number of aliphatic hydroxyl groups excluding tert-OH is 2. The highest BCUT2D eigenvalue weighted by atomic mass is 16.5. The molecule has 0 spiro atoms. The molecule has 4 nitrogen and oxygen atoms in total. The Kier molecular flexibility index (Phi) is 7.67. The van der Waals surface area contributed by atoms with Gasteiger partial charge in [-0.2, -0.15) is 0 Å². The molecule has 0 aromatic heterocycles. The summed E-state index contributed by atoms with van der Waals surface area (Å²) < 4.78 is 11.2. The third-order valence-corrected chi connectivity index (χ3v) is 2.87. The van der Waals surface area contributed by atoms with Crippen molar-refractivity contribution in [2.75, 3.05) is 13.2 Å². The second-order valence-electron chi connectivity index (χ2n) is 4.78. The van der Waals surface area contributed by atoms with E-state index in [0.717, 1.165) is 12.0 Å². The van der Waals surface area contributed by atoms with E-state index in [1.807, 2.05) is 44.2 Å². The van der Waals surface area contributed by atoms with Crippen LogP contribution in [0.3, 0.4) is 0 Å². The molecule has 0 saturated carbocycles. The predicted molar refractivity (Wildman–Crippen MR) is 73.8 cm³/mol. The molecule has 0 saturated heterocycles. The van der Waals surface area contributed by atoms with E-state index in [1.165, 1.54) is 0 Å². The van der Waals surface area contributed by atoms with Crippen molar-refractivity contribution in [3.05, 3.63) is 35.9 Å². The topological polar surface area (TPSA) is 58.9 Å². The maximum atomic E-state index is 8.94. The Balaban J connectivity index is 2.25. The smallest absolute Gasteiger partial charge is 0.104 e. The van der Waals surface area contributed by atoms with Gasteiger partial charge < -0.3 is 19.7 Å². The van der Waals surface area contributed by atoms with Crippen LogP contribution in [0.2, 0.25) is 0 Å². The average molecular weight is 268 g/mol. The van der Waals surface area contributed by atoms with E-state index in [-0.39, 0.29) is 25.4 Å². The largest absolute Gasteiger partial charge is 0.394 e. The van der Waals surface area contributed by atoms with E-state index >= 15 is 0 Å². The fraction of sp³-hybridized carbons (Fsp3) is 0.600. The van der Waals surface area contributed by atoms with E-state index in [0.29, 0.717) is 6.61 Å². The fourth-order valence-electron chi connectivity index (χ4n) is 1.88. The van der Waals surface area contributed by atoms with Crippen LogP contribution in [0.5, 0.6) is 0 Å². The van der Waals surface area contributed by atoms with Gasteiger partial charge in [0.1, 0.15) is 6.10 Å². The lowest BCUT2D eigenvalue weighted by Gasteiger charge is -2.22. The molecule has 0 heterocycles. The lowest BCUT2D eigenvalue weighted by molar-refractivity contribution is -0.0768. The maximum Gasteiger partial charge on any atom is 0.104 e. The highest BCUT2D eigenvalue weighted by Gasteiger charge is 2.14. The molecule has 4 heteroatoms. The van der Waals surface area contributed by atoms with Crippen molar-refractivity contribution in [1.82, 2.24) is 0 Å². The van der Waals surface area contributed by atoms with Gasteiger partial charge in [-0.05, 0) is 25.8 Å². The Morgan fingerprint density at radius 3 is 2.21 bits per heavy atom. The van der Waals surface area contributed by atoms with Gasteiger partial charge in [-0.15, -0.1) is 0 Å². The Labute approximate surface area is 115 Å². The predicted octanol–water partition coefficient (Wildman–Crippen LogP) is 1.74. The van der Waals surface area contributed by atoms with Gasteiger partial charge in [-0.1, -0.05) is 30.3 Å². The van der Waals surface area contributed by atoms with E-state index in [1.54, 1.807) is 0 Å². The molecule has 0 amide bonds. The van der Waals surface area contributed by atoms with Crippen LogP contribution in [0.15, 0.2) is 30.3 Å². The number of hydrogen-bond acceptors (Lipinski definition) is 4. The molecular formula is C15H24O4. The molecule has 0 aliphatic carbocycles. The monoisotopic (exact) mass is 268 g/mol. The molecule has 0 aliphatic rings. The molecule has 0 radical (unpaired) electrons. The van der Waals surface area contributed by atoms with Crippen molar-refractivity contribution in [3.8, 4) is 0 Å². The van der Waals surface area contributed by atoms with Crippen LogP contribution in [-0.2, 0) is 16.1 Å². The summed E-state index contributed by atoms with van der Waals surface area (Å²) in [6, 6.07) is 10.0. The SMILES string of the molecule is CC(CC(C)OC(CO)CO)OCc1ccccc1. The van der Waals surface area contributed by atoms with Crippen LogP contribution in [-0.4, -0.2) is 41.7 Å². The van der Waals surface area contributed by atoms with Crippen LogP contribution >= 0.6 is 0 Å². The summed E-state index contributed by atoms with van der Waals surface area (Å²) in [5, 5.41) is 17.9. The van der Waals surface area contributed by atoms with E-state index in [9.17, 15) is 0 Å². The summed E-state index contributed by atoms with van der Waals surface area (Å²) in [4.78, 5) is 0. The van der Waals surface area contributed by atoms with Gasteiger partial charge in [0.2, 0.25) is 0 Å². The molecule has 0 fully saturated rings. The third-order valence-electron chi connectivity index (χ3n) is 2.87. The number of ether oxygens (including phenoxy) is 2. The van der Waals surface area contributed by atoms with Gasteiger partial charge in [-0.25, -0.2) is 0 Å². The first kappa shape index (κ1) is 16.1. The molecule has 2 unspecified atom stereocenters. The number of hydrogen-bond donors (Lipinski definition) is 2. The van der Waals surface area contributed by atoms with Crippen LogP contribution in [0.25, 0.3) is 0 Å². The Morgan fingerprint density at radius 2 is 1.63 bits per heavy atom. The molecule has 0 bridgehead atoms. The van der Waals surface area contributed by atoms with Crippen LogP contribution in [0, 0.1) is 0 Å². The van der Waals surface area contributed by atoms with Crippen molar-refractivity contribution >= 4 is 0 Å². The molecule has 1 aromatic rings. The Morgan fingerprint density at radius 1 is 1.00 bits per heavy atom. The van der Waals surface area contributed by atoms with Gasteiger partial charge in [-0.3, -0.25) is 0 Å². The lowest BCUT2D eigenvalue weighted by Crippen LogP contribution is -2.29. The van der Waals surface area contributed by atoms with Crippen molar-refractivity contribution in [2.24, 2.45) is 0 Å². The van der Waals surface area contributed by atoms with Crippen molar-refractivity contribution in [3.63, 3.8) is 0 Å². The van der Waals surface area contributed by atoms with Gasteiger partial charge in [0.05, 0.1) is 32.0 Å². The molecular weight excluding hydrogens is 244 g/mol. The second-order valence-corrected chi connectivity index (χ2v) is 4.78. The van der Waals surface area contributed by atoms with Crippen LogP contribution in [0.1, 0.15) is 25.8 Å². The molecule has 19 heavy (non-hydrogen) atoms. The van der Waals surface area contributed by atoms with Gasteiger partial charge in [0.15, 0.2) is 0 Å². The number of benzene rings is 1. The van der Waals surface area contributed by atoms with Crippen molar-refractivity contribution in [2.45, 2.75) is 45.2 Å². The summed E-state index contributed by atoms with van der Waals surface area (Å²) in [7, 11) is 0. The normalized spacial score (nSPS) is 14.6. The summed E-state index contributed by atoms with van der Waals surface area (Å²) in [5.74, 6) is 0. The van der Waals surface area contributed by atoms with Crippen LogP contribution in [0.4, 0.5) is 0 Å². The second kappa shape index (κ2) is 9.04.